The molecule has 0 aromatic heterocycles. The fourth-order valence-corrected chi connectivity index (χ4v) is 3.44. The van der Waals surface area contributed by atoms with Crippen LogP contribution in [0.5, 0.6) is 0 Å². The number of hydrogen-bond donors (Lipinski definition) is 0. The second kappa shape index (κ2) is 3.01. The highest BCUT2D eigenvalue weighted by Crippen LogP contribution is 2.47. The van der Waals surface area contributed by atoms with Crippen molar-refractivity contribution >= 4 is 0 Å². The lowest BCUT2D eigenvalue weighted by Crippen LogP contribution is -2.29. The molecule has 0 unspecified atom stereocenters. The van der Waals surface area contributed by atoms with Crippen molar-refractivity contribution in [2.45, 2.75) is 38.5 Å². The summed E-state index contributed by atoms with van der Waals surface area (Å²) in [5.41, 5.74) is 1.82. The maximum atomic E-state index is 2.57. The fourth-order valence-electron chi connectivity index (χ4n) is 3.44. The van der Waals surface area contributed by atoms with Crippen LogP contribution in [0, 0.1) is 17.8 Å². The van der Waals surface area contributed by atoms with Crippen LogP contribution in [-0.4, -0.2) is 0 Å². The summed E-state index contributed by atoms with van der Waals surface area (Å²) in [4.78, 5) is 0. The normalized spacial score (nSPS) is 42.5. The van der Waals surface area contributed by atoms with Gasteiger partial charge in [0, 0.05) is 0 Å². The van der Waals surface area contributed by atoms with Gasteiger partial charge in [-0.2, -0.15) is 0 Å². The van der Waals surface area contributed by atoms with Crippen LogP contribution in [0.15, 0.2) is 23.8 Å². The Hall–Kier alpha value is -0.520. The highest BCUT2D eigenvalue weighted by atomic mass is 14.4. The molecular weight excluding hydrogens is 156 g/mol. The zero-order chi connectivity index (χ0) is 8.67. The quantitative estimate of drug-likeness (QED) is 0.491. The first-order valence-electron chi connectivity index (χ1n) is 5.83. The van der Waals surface area contributed by atoms with Crippen LogP contribution in [0.25, 0.3) is 0 Å². The largest absolute Gasteiger partial charge is 0.0844 e. The molecule has 4 aliphatic carbocycles. The van der Waals surface area contributed by atoms with Crippen LogP contribution in [0.1, 0.15) is 38.5 Å². The highest BCUT2D eigenvalue weighted by Gasteiger charge is 2.35. The summed E-state index contributed by atoms with van der Waals surface area (Å²) in [5.74, 6) is 2.70. The van der Waals surface area contributed by atoms with E-state index in [0.29, 0.717) is 0 Å². The average molecular weight is 174 g/mol. The summed E-state index contributed by atoms with van der Waals surface area (Å²) < 4.78 is 0. The SMILES string of the molecule is C1=C[C@H]2CC[C@@H]1C1=CCCCC[C@H]12. The molecule has 0 amide bonds. The Morgan fingerprint density at radius 1 is 1.00 bits per heavy atom. The third-order valence-electron chi connectivity index (χ3n) is 4.12. The van der Waals surface area contributed by atoms with E-state index >= 15 is 0 Å². The van der Waals surface area contributed by atoms with Crippen LogP contribution < -0.4 is 0 Å². The Morgan fingerprint density at radius 2 is 2.00 bits per heavy atom. The van der Waals surface area contributed by atoms with Gasteiger partial charge >= 0.3 is 0 Å². The van der Waals surface area contributed by atoms with Gasteiger partial charge in [0.1, 0.15) is 0 Å². The molecule has 0 aromatic carbocycles. The maximum absolute atomic E-state index is 2.57. The van der Waals surface area contributed by atoms with Gasteiger partial charge in [0.05, 0.1) is 0 Å². The second-order valence-electron chi connectivity index (χ2n) is 4.83. The van der Waals surface area contributed by atoms with E-state index in [1.165, 1.54) is 38.5 Å². The first-order valence-corrected chi connectivity index (χ1v) is 5.83. The Balaban J connectivity index is 1.97. The van der Waals surface area contributed by atoms with Gasteiger partial charge in [-0.05, 0) is 49.9 Å². The van der Waals surface area contributed by atoms with E-state index in [1.807, 2.05) is 5.57 Å². The van der Waals surface area contributed by atoms with E-state index in [2.05, 4.69) is 18.2 Å². The van der Waals surface area contributed by atoms with Gasteiger partial charge in [-0.25, -0.2) is 0 Å². The van der Waals surface area contributed by atoms with Gasteiger partial charge in [-0.15, -0.1) is 0 Å². The van der Waals surface area contributed by atoms with Crippen molar-refractivity contribution in [3.05, 3.63) is 23.8 Å². The molecule has 0 spiro atoms. The van der Waals surface area contributed by atoms with Gasteiger partial charge in [-0.3, -0.25) is 0 Å². The Kier molecular flexibility index (Phi) is 1.81. The van der Waals surface area contributed by atoms with Gasteiger partial charge in [0.2, 0.25) is 0 Å². The van der Waals surface area contributed by atoms with Crippen LogP contribution in [0.2, 0.25) is 0 Å². The predicted octanol–water partition coefficient (Wildman–Crippen LogP) is 3.70. The molecule has 0 radical (unpaired) electrons. The van der Waals surface area contributed by atoms with Crippen LogP contribution in [0.4, 0.5) is 0 Å². The maximum Gasteiger partial charge on any atom is -0.00200 e. The monoisotopic (exact) mass is 174 g/mol. The van der Waals surface area contributed by atoms with E-state index < -0.39 is 0 Å². The lowest BCUT2D eigenvalue weighted by atomic mass is 9.65. The third-order valence-corrected chi connectivity index (χ3v) is 4.12. The van der Waals surface area contributed by atoms with Crippen molar-refractivity contribution < 1.29 is 0 Å². The van der Waals surface area contributed by atoms with Crippen molar-refractivity contribution in [2.24, 2.45) is 17.8 Å². The Bertz CT molecular complexity index is 259. The molecule has 1 saturated carbocycles. The molecule has 2 bridgehead atoms. The Morgan fingerprint density at radius 3 is 2.85 bits per heavy atom. The van der Waals surface area contributed by atoms with E-state index in [1.54, 1.807) is 0 Å². The topological polar surface area (TPSA) is 0 Å². The van der Waals surface area contributed by atoms with E-state index in [0.717, 1.165) is 17.8 Å². The lowest BCUT2D eigenvalue weighted by molar-refractivity contribution is 0.290. The number of rotatable bonds is 0. The van der Waals surface area contributed by atoms with Crippen molar-refractivity contribution in [2.75, 3.05) is 0 Å². The number of fused-ring (bicyclic) bond motifs is 1. The van der Waals surface area contributed by atoms with Crippen molar-refractivity contribution in [3.63, 3.8) is 0 Å². The zero-order valence-corrected chi connectivity index (χ0v) is 8.21. The molecule has 0 nitrogen and oxygen atoms in total. The van der Waals surface area contributed by atoms with Crippen LogP contribution in [0.3, 0.4) is 0 Å². The standard InChI is InChI=1S/C13H18/c1-2-4-12-10-6-8-11(9-7-10)13(12)5-3-1/h4,6,8,10-11,13H,1-3,5,7,9H2/t10-,11+,13+/m1/s1. The molecule has 0 aromatic rings. The minimum Gasteiger partial charge on any atom is -0.0844 e. The second-order valence-corrected chi connectivity index (χ2v) is 4.83. The molecule has 0 heterocycles. The molecule has 3 atom stereocenters. The van der Waals surface area contributed by atoms with Crippen molar-refractivity contribution in [1.29, 1.82) is 0 Å². The molecule has 0 saturated heterocycles. The minimum atomic E-state index is 0.841. The predicted molar refractivity (Wildman–Crippen MR) is 55.4 cm³/mol. The van der Waals surface area contributed by atoms with E-state index in [4.69, 9.17) is 0 Å². The summed E-state index contributed by atoms with van der Waals surface area (Å²) in [5, 5.41) is 0. The van der Waals surface area contributed by atoms with Crippen LogP contribution >= 0.6 is 0 Å². The van der Waals surface area contributed by atoms with E-state index in [-0.39, 0.29) is 0 Å². The minimum absolute atomic E-state index is 0.841. The average Bonchev–Trinajstić information content (AvgIpc) is 2.45. The smallest absolute Gasteiger partial charge is 0.00200 e. The number of hydrogen-bond acceptors (Lipinski definition) is 0. The molecule has 0 N–H and O–H groups in total. The summed E-state index contributed by atoms with van der Waals surface area (Å²) in [7, 11) is 0. The first kappa shape index (κ1) is 7.84. The molecule has 0 heteroatoms. The van der Waals surface area contributed by atoms with Gasteiger partial charge < -0.3 is 0 Å². The summed E-state index contributed by atoms with van der Waals surface area (Å²) in [6, 6.07) is 0. The van der Waals surface area contributed by atoms with Gasteiger partial charge in [0.25, 0.3) is 0 Å². The molecule has 4 aliphatic rings. The molecule has 1 fully saturated rings. The third kappa shape index (κ3) is 1.19. The summed E-state index contributed by atoms with van der Waals surface area (Å²) in [6.45, 7) is 0. The number of allylic oxidation sites excluding steroid dienone is 4. The Labute approximate surface area is 80.7 Å². The highest BCUT2D eigenvalue weighted by molar-refractivity contribution is 5.27. The van der Waals surface area contributed by atoms with Crippen molar-refractivity contribution in [3.8, 4) is 0 Å². The molecule has 70 valence electrons. The van der Waals surface area contributed by atoms with E-state index in [9.17, 15) is 0 Å². The van der Waals surface area contributed by atoms with Gasteiger partial charge in [-0.1, -0.05) is 30.2 Å². The van der Waals surface area contributed by atoms with Crippen LogP contribution in [-0.2, 0) is 0 Å². The summed E-state index contributed by atoms with van der Waals surface area (Å²) >= 11 is 0. The zero-order valence-electron chi connectivity index (χ0n) is 8.21. The first-order chi connectivity index (χ1) is 6.45. The molecular formula is C13H18. The molecule has 4 rings (SSSR count). The summed E-state index contributed by atoms with van der Waals surface area (Å²) in [6.07, 6.45) is 16.1. The molecule has 13 heavy (non-hydrogen) atoms. The van der Waals surface area contributed by atoms with Crippen molar-refractivity contribution in [1.82, 2.24) is 0 Å². The van der Waals surface area contributed by atoms with Gasteiger partial charge in [0.15, 0.2) is 0 Å². The lowest BCUT2D eigenvalue weighted by Gasteiger charge is -2.40. The molecule has 0 aliphatic heterocycles. The fraction of sp³-hybridized carbons (Fsp3) is 0.692.